The van der Waals surface area contributed by atoms with Crippen molar-refractivity contribution in [2.75, 3.05) is 13.2 Å². The van der Waals surface area contributed by atoms with Gasteiger partial charge in [-0.15, -0.1) is 0 Å². The summed E-state index contributed by atoms with van der Waals surface area (Å²) in [6.45, 7) is 3.73. The molecule has 1 heterocycles. The molecule has 1 aromatic carbocycles. The molecule has 19 heavy (non-hydrogen) atoms. The summed E-state index contributed by atoms with van der Waals surface area (Å²) in [4.78, 5) is 22.4. The number of benzene rings is 1. The first-order chi connectivity index (χ1) is 9.10. The number of esters is 1. The molecule has 100 valence electrons. The highest BCUT2D eigenvalue weighted by molar-refractivity contribution is 5.81. The molecule has 1 aromatic heterocycles. The number of ether oxygens (including phenoxy) is 2. The number of aryl methyl sites for hydroxylation is 1. The van der Waals surface area contributed by atoms with Gasteiger partial charge < -0.3 is 13.9 Å². The lowest BCUT2D eigenvalue weighted by molar-refractivity contribution is -0.145. The van der Waals surface area contributed by atoms with E-state index in [2.05, 4.69) is 0 Å². The van der Waals surface area contributed by atoms with Crippen molar-refractivity contribution >= 4 is 16.9 Å². The summed E-state index contributed by atoms with van der Waals surface area (Å²) in [5.41, 5.74) is 0.909. The Morgan fingerprint density at radius 3 is 2.84 bits per heavy atom. The highest BCUT2D eigenvalue weighted by Crippen LogP contribution is 2.22. The zero-order valence-corrected chi connectivity index (χ0v) is 10.8. The summed E-state index contributed by atoms with van der Waals surface area (Å²) < 4.78 is 15.1. The van der Waals surface area contributed by atoms with Crippen LogP contribution in [0.1, 0.15) is 12.5 Å². The summed E-state index contributed by atoms with van der Waals surface area (Å²) in [5.74, 6) is 0.108. The van der Waals surface area contributed by atoms with E-state index < -0.39 is 5.97 Å². The standard InChI is InChI=1S/C14H14O5/c1-3-17-14(16)8-18-10-4-5-12-11(7-10)9(2)6-13(15)19-12/h4-7H,3,8H2,1-2H3. The van der Waals surface area contributed by atoms with Gasteiger partial charge in [0, 0.05) is 11.5 Å². The molecule has 0 saturated heterocycles. The second kappa shape index (κ2) is 5.56. The molecule has 5 heteroatoms. The molecule has 0 radical (unpaired) electrons. The first kappa shape index (κ1) is 13.1. The Balaban J connectivity index is 2.22. The third-order valence-electron chi connectivity index (χ3n) is 2.58. The van der Waals surface area contributed by atoms with Crippen molar-refractivity contribution in [2.45, 2.75) is 13.8 Å². The zero-order valence-electron chi connectivity index (χ0n) is 10.8. The molecular formula is C14H14O5. The minimum atomic E-state index is -0.418. The minimum absolute atomic E-state index is 0.144. The van der Waals surface area contributed by atoms with Gasteiger partial charge in [-0.1, -0.05) is 0 Å². The lowest BCUT2D eigenvalue weighted by atomic mass is 10.1. The second-order valence-electron chi connectivity index (χ2n) is 4.00. The third-order valence-corrected chi connectivity index (χ3v) is 2.58. The fourth-order valence-corrected chi connectivity index (χ4v) is 1.73. The molecule has 0 aliphatic carbocycles. The molecule has 0 fully saturated rings. The second-order valence-corrected chi connectivity index (χ2v) is 4.00. The Morgan fingerprint density at radius 2 is 2.11 bits per heavy atom. The summed E-state index contributed by atoms with van der Waals surface area (Å²) in [5, 5.41) is 0.779. The van der Waals surface area contributed by atoms with Crippen molar-refractivity contribution in [3.8, 4) is 5.75 Å². The van der Waals surface area contributed by atoms with Gasteiger partial charge in [-0.05, 0) is 37.6 Å². The van der Waals surface area contributed by atoms with Gasteiger partial charge in [0.2, 0.25) is 0 Å². The van der Waals surface area contributed by atoms with Gasteiger partial charge in [-0.2, -0.15) is 0 Å². The quantitative estimate of drug-likeness (QED) is 0.623. The lowest BCUT2D eigenvalue weighted by Crippen LogP contribution is -2.14. The number of hydrogen-bond acceptors (Lipinski definition) is 5. The number of carbonyl (C=O) groups excluding carboxylic acids is 1. The first-order valence-electron chi connectivity index (χ1n) is 5.93. The maximum atomic E-state index is 11.2. The van der Waals surface area contributed by atoms with E-state index in [-0.39, 0.29) is 12.2 Å². The van der Waals surface area contributed by atoms with Gasteiger partial charge in [0.05, 0.1) is 6.61 Å². The first-order valence-corrected chi connectivity index (χ1v) is 5.93. The Morgan fingerprint density at radius 1 is 1.32 bits per heavy atom. The van der Waals surface area contributed by atoms with E-state index >= 15 is 0 Å². The van der Waals surface area contributed by atoms with Crippen molar-refractivity contribution in [3.05, 3.63) is 40.2 Å². The van der Waals surface area contributed by atoms with E-state index in [1.54, 1.807) is 25.1 Å². The smallest absolute Gasteiger partial charge is 0.344 e. The van der Waals surface area contributed by atoms with Crippen molar-refractivity contribution in [2.24, 2.45) is 0 Å². The van der Waals surface area contributed by atoms with E-state index in [1.807, 2.05) is 6.92 Å². The van der Waals surface area contributed by atoms with Crippen LogP contribution in [0.3, 0.4) is 0 Å². The van der Waals surface area contributed by atoms with Crippen molar-refractivity contribution in [3.63, 3.8) is 0 Å². The summed E-state index contributed by atoms with van der Waals surface area (Å²) in [6.07, 6.45) is 0. The fraction of sp³-hybridized carbons (Fsp3) is 0.286. The zero-order chi connectivity index (χ0) is 13.8. The Bertz CT molecular complexity index is 656. The van der Waals surface area contributed by atoms with Crippen LogP contribution in [-0.2, 0) is 9.53 Å². The third kappa shape index (κ3) is 3.13. The van der Waals surface area contributed by atoms with Crippen LogP contribution in [0, 0.1) is 6.92 Å². The van der Waals surface area contributed by atoms with Crippen LogP contribution in [0.25, 0.3) is 11.0 Å². The van der Waals surface area contributed by atoms with Crippen LogP contribution in [0.2, 0.25) is 0 Å². The molecule has 2 aromatic rings. The maximum Gasteiger partial charge on any atom is 0.344 e. The molecule has 2 rings (SSSR count). The normalized spacial score (nSPS) is 10.4. The van der Waals surface area contributed by atoms with Crippen LogP contribution in [0.15, 0.2) is 33.5 Å². The van der Waals surface area contributed by atoms with E-state index in [1.165, 1.54) is 6.07 Å². The largest absolute Gasteiger partial charge is 0.482 e. The molecule has 0 spiro atoms. The molecule has 0 amide bonds. The van der Waals surface area contributed by atoms with Crippen LogP contribution >= 0.6 is 0 Å². The van der Waals surface area contributed by atoms with E-state index in [4.69, 9.17) is 13.9 Å². The van der Waals surface area contributed by atoms with Crippen LogP contribution in [0.4, 0.5) is 0 Å². The highest BCUT2D eigenvalue weighted by atomic mass is 16.6. The maximum absolute atomic E-state index is 11.2. The molecular weight excluding hydrogens is 248 g/mol. The van der Waals surface area contributed by atoms with E-state index in [0.717, 1.165) is 10.9 Å². The summed E-state index contributed by atoms with van der Waals surface area (Å²) >= 11 is 0. The molecule has 5 nitrogen and oxygen atoms in total. The Kier molecular flexibility index (Phi) is 3.85. The SMILES string of the molecule is CCOC(=O)COc1ccc2oc(=O)cc(C)c2c1. The van der Waals surface area contributed by atoms with Crippen LogP contribution in [-0.4, -0.2) is 19.2 Å². The van der Waals surface area contributed by atoms with Crippen molar-refractivity contribution in [1.82, 2.24) is 0 Å². The van der Waals surface area contributed by atoms with Gasteiger partial charge in [0.15, 0.2) is 6.61 Å². The minimum Gasteiger partial charge on any atom is -0.482 e. The average Bonchev–Trinajstić information content (AvgIpc) is 2.37. The topological polar surface area (TPSA) is 65.7 Å². The molecule has 0 aliphatic rings. The predicted octanol–water partition coefficient (Wildman–Crippen LogP) is 2.04. The Labute approximate surface area is 109 Å². The van der Waals surface area contributed by atoms with Gasteiger partial charge in [0.1, 0.15) is 11.3 Å². The number of carbonyl (C=O) groups is 1. The number of fused-ring (bicyclic) bond motifs is 1. The molecule has 0 aliphatic heterocycles. The van der Waals surface area contributed by atoms with Gasteiger partial charge in [-0.25, -0.2) is 9.59 Å². The van der Waals surface area contributed by atoms with Gasteiger partial charge >= 0.3 is 11.6 Å². The van der Waals surface area contributed by atoms with E-state index in [9.17, 15) is 9.59 Å². The van der Waals surface area contributed by atoms with Gasteiger partial charge in [0.25, 0.3) is 0 Å². The molecule has 0 atom stereocenters. The monoisotopic (exact) mass is 262 g/mol. The summed E-state index contributed by atoms with van der Waals surface area (Å²) in [6, 6.07) is 6.43. The van der Waals surface area contributed by atoms with Crippen LogP contribution < -0.4 is 10.4 Å². The van der Waals surface area contributed by atoms with Crippen LogP contribution in [0.5, 0.6) is 5.75 Å². The summed E-state index contributed by atoms with van der Waals surface area (Å²) in [7, 11) is 0. The number of hydrogen-bond donors (Lipinski definition) is 0. The number of rotatable bonds is 4. The van der Waals surface area contributed by atoms with Gasteiger partial charge in [-0.3, -0.25) is 0 Å². The molecule has 0 saturated carbocycles. The van der Waals surface area contributed by atoms with E-state index in [0.29, 0.717) is 17.9 Å². The fourth-order valence-electron chi connectivity index (χ4n) is 1.73. The lowest BCUT2D eigenvalue weighted by Gasteiger charge is -2.07. The Hall–Kier alpha value is -2.30. The highest BCUT2D eigenvalue weighted by Gasteiger charge is 2.06. The molecule has 0 N–H and O–H groups in total. The predicted molar refractivity (Wildman–Crippen MR) is 69.3 cm³/mol. The molecule has 0 unspecified atom stereocenters. The average molecular weight is 262 g/mol. The van der Waals surface area contributed by atoms with Crippen molar-refractivity contribution in [1.29, 1.82) is 0 Å². The van der Waals surface area contributed by atoms with Crippen molar-refractivity contribution < 1.29 is 18.7 Å². The molecule has 0 bridgehead atoms.